The summed E-state index contributed by atoms with van der Waals surface area (Å²) >= 11 is 6.28. The molecule has 1 unspecified atom stereocenters. The van der Waals surface area contributed by atoms with Gasteiger partial charge in [0.15, 0.2) is 5.78 Å². The molecule has 0 aliphatic heterocycles. The number of carboxylic acid groups (broad SMARTS) is 1. The van der Waals surface area contributed by atoms with Crippen molar-refractivity contribution >= 4 is 23.4 Å². The van der Waals surface area contributed by atoms with Gasteiger partial charge < -0.3 is 5.11 Å². The number of carbonyl (C=O) groups is 2. The summed E-state index contributed by atoms with van der Waals surface area (Å²) in [5, 5.41) is 14.4. The molecule has 1 heterocycles. The van der Waals surface area contributed by atoms with Crippen molar-refractivity contribution in [3.8, 4) is 0 Å². The zero-order valence-electron chi connectivity index (χ0n) is 11.8. The molecule has 1 aromatic rings. The summed E-state index contributed by atoms with van der Waals surface area (Å²) in [5.41, 5.74) is 0.0508. The molecule has 1 aliphatic carbocycles. The zero-order valence-corrected chi connectivity index (χ0v) is 12.5. The van der Waals surface area contributed by atoms with Crippen molar-refractivity contribution in [2.75, 3.05) is 0 Å². The Morgan fingerprint density at radius 1 is 1.50 bits per heavy atom. The smallest absolute Gasteiger partial charge is 0.317 e. The number of carbonyl (C=O) groups excluding carboxylic acids is 1. The third-order valence-corrected chi connectivity index (χ3v) is 4.61. The van der Waals surface area contributed by atoms with Crippen LogP contribution in [0.3, 0.4) is 0 Å². The van der Waals surface area contributed by atoms with Gasteiger partial charge in [-0.05, 0) is 19.3 Å². The number of hydrogen-bond acceptors (Lipinski definition) is 3. The molecule has 0 aromatic carbocycles. The largest absolute Gasteiger partial charge is 0.480 e. The van der Waals surface area contributed by atoms with Crippen LogP contribution >= 0.6 is 11.6 Å². The highest BCUT2D eigenvalue weighted by atomic mass is 35.5. The Bertz CT molecular complexity index is 553. The maximum atomic E-state index is 12.2. The molecule has 1 fully saturated rings. The molecule has 1 atom stereocenters. The van der Waals surface area contributed by atoms with Crippen LogP contribution in [0, 0.1) is 5.41 Å². The summed E-state index contributed by atoms with van der Waals surface area (Å²) in [5.74, 6) is -1.23. The first-order valence-electron chi connectivity index (χ1n) is 6.89. The van der Waals surface area contributed by atoms with E-state index in [1.807, 2.05) is 6.92 Å². The molecule has 110 valence electrons. The minimum Gasteiger partial charge on any atom is -0.480 e. The predicted molar refractivity (Wildman–Crippen MR) is 74.8 cm³/mol. The minimum atomic E-state index is -1.33. The standard InChI is InChI=1S/C14H19ClN2O3/c1-3-9-12(15)10(17(2)16-9)8-14(13(19)20)7-5-4-6-11(14)18/h3-8H2,1-2H3,(H,19,20). The molecule has 1 saturated carbocycles. The van der Waals surface area contributed by atoms with Crippen LogP contribution in [0.4, 0.5) is 0 Å². The number of carboxylic acids is 1. The van der Waals surface area contributed by atoms with Gasteiger partial charge in [-0.3, -0.25) is 14.3 Å². The molecule has 0 radical (unpaired) electrons. The SMILES string of the molecule is CCc1nn(C)c(CC2(C(=O)O)CCCCC2=O)c1Cl. The molecule has 6 heteroatoms. The van der Waals surface area contributed by atoms with Gasteiger partial charge in [0.05, 0.1) is 16.4 Å². The van der Waals surface area contributed by atoms with Gasteiger partial charge in [0, 0.05) is 19.9 Å². The van der Waals surface area contributed by atoms with Gasteiger partial charge in [-0.1, -0.05) is 24.9 Å². The third kappa shape index (κ3) is 2.35. The zero-order chi connectivity index (χ0) is 14.9. The Labute approximate surface area is 122 Å². The molecular weight excluding hydrogens is 280 g/mol. The lowest BCUT2D eigenvalue weighted by Crippen LogP contribution is -2.44. The van der Waals surface area contributed by atoms with Gasteiger partial charge in [0.1, 0.15) is 5.41 Å². The molecule has 1 aliphatic rings. The summed E-state index contributed by atoms with van der Waals surface area (Å²) in [7, 11) is 1.74. The highest BCUT2D eigenvalue weighted by Gasteiger charge is 2.47. The molecule has 2 rings (SSSR count). The highest BCUT2D eigenvalue weighted by Crippen LogP contribution is 2.38. The Morgan fingerprint density at radius 2 is 2.20 bits per heavy atom. The topological polar surface area (TPSA) is 72.2 Å². The lowest BCUT2D eigenvalue weighted by molar-refractivity contribution is -0.157. The van der Waals surface area contributed by atoms with Crippen LogP contribution in [0.5, 0.6) is 0 Å². The fourth-order valence-electron chi connectivity index (χ4n) is 2.88. The fraction of sp³-hybridized carbons (Fsp3) is 0.643. The molecular formula is C14H19ClN2O3. The molecule has 5 nitrogen and oxygen atoms in total. The fourth-order valence-corrected chi connectivity index (χ4v) is 3.24. The van der Waals surface area contributed by atoms with E-state index in [9.17, 15) is 14.7 Å². The van der Waals surface area contributed by atoms with Crippen LogP contribution in [0.1, 0.15) is 44.0 Å². The van der Waals surface area contributed by atoms with Crippen LogP contribution in [-0.4, -0.2) is 26.6 Å². The number of ketones is 1. The number of rotatable bonds is 4. The van der Waals surface area contributed by atoms with Crippen LogP contribution < -0.4 is 0 Å². The van der Waals surface area contributed by atoms with Gasteiger partial charge >= 0.3 is 5.97 Å². The number of Topliss-reactive ketones (excluding diaryl/α,β-unsaturated/α-hetero) is 1. The average Bonchev–Trinajstić information content (AvgIpc) is 2.68. The second-order valence-electron chi connectivity index (χ2n) is 5.38. The maximum absolute atomic E-state index is 12.2. The second-order valence-corrected chi connectivity index (χ2v) is 5.76. The van der Waals surface area contributed by atoms with Gasteiger partial charge in [0.25, 0.3) is 0 Å². The lowest BCUT2D eigenvalue weighted by Gasteiger charge is -2.31. The van der Waals surface area contributed by atoms with Crippen molar-refractivity contribution < 1.29 is 14.7 Å². The molecule has 1 aromatic heterocycles. The summed E-state index contributed by atoms with van der Waals surface area (Å²) in [6.07, 6.45) is 3.05. The lowest BCUT2D eigenvalue weighted by atomic mass is 9.70. The number of nitrogens with zero attached hydrogens (tertiary/aromatic N) is 2. The van der Waals surface area contributed by atoms with E-state index in [0.29, 0.717) is 30.0 Å². The molecule has 0 amide bonds. The Kier molecular flexibility index (Phi) is 4.18. The van der Waals surface area contributed by atoms with Crippen LogP contribution in [-0.2, 0) is 29.5 Å². The molecule has 0 spiro atoms. The quantitative estimate of drug-likeness (QED) is 0.866. The van der Waals surface area contributed by atoms with Crippen molar-refractivity contribution in [1.82, 2.24) is 9.78 Å². The number of aryl methyl sites for hydroxylation is 2. The minimum absolute atomic E-state index is 0.128. The van der Waals surface area contributed by atoms with E-state index in [0.717, 1.165) is 18.5 Å². The van der Waals surface area contributed by atoms with Gasteiger partial charge in [0.2, 0.25) is 0 Å². The first kappa shape index (κ1) is 15.0. The third-order valence-electron chi connectivity index (χ3n) is 4.17. The summed E-state index contributed by atoms with van der Waals surface area (Å²) in [6, 6.07) is 0. The van der Waals surface area contributed by atoms with Gasteiger partial charge in [-0.15, -0.1) is 0 Å². The first-order chi connectivity index (χ1) is 9.42. The van der Waals surface area contributed by atoms with E-state index < -0.39 is 11.4 Å². The van der Waals surface area contributed by atoms with E-state index in [4.69, 9.17) is 11.6 Å². The van der Waals surface area contributed by atoms with E-state index in [1.54, 1.807) is 11.7 Å². The highest BCUT2D eigenvalue weighted by molar-refractivity contribution is 6.32. The average molecular weight is 299 g/mol. The van der Waals surface area contributed by atoms with Crippen LogP contribution in [0.25, 0.3) is 0 Å². The van der Waals surface area contributed by atoms with E-state index in [1.165, 1.54) is 0 Å². The maximum Gasteiger partial charge on any atom is 0.317 e. The van der Waals surface area contributed by atoms with Crippen molar-refractivity contribution in [3.63, 3.8) is 0 Å². The summed E-state index contributed by atoms with van der Waals surface area (Å²) in [6.45, 7) is 1.94. The Balaban J connectivity index is 2.41. The molecule has 0 saturated heterocycles. The molecule has 20 heavy (non-hydrogen) atoms. The van der Waals surface area contributed by atoms with Crippen LogP contribution in [0.2, 0.25) is 5.02 Å². The van der Waals surface area contributed by atoms with Gasteiger partial charge in [-0.2, -0.15) is 5.10 Å². The second kappa shape index (κ2) is 5.56. The van der Waals surface area contributed by atoms with Gasteiger partial charge in [-0.25, -0.2) is 0 Å². The number of hydrogen-bond donors (Lipinski definition) is 1. The van der Waals surface area contributed by atoms with E-state index in [-0.39, 0.29) is 12.2 Å². The summed E-state index contributed by atoms with van der Waals surface area (Å²) < 4.78 is 1.60. The monoisotopic (exact) mass is 298 g/mol. The van der Waals surface area contributed by atoms with Crippen molar-refractivity contribution in [1.29, 1.82) is 0 Å². The van der Waals surface area contributed by atoms with E-state index in [2.05, 4.69) is 5.10 Å². The van der Waals surface area contributed by atoms with E-state index >= 15 is 0 Å². The van der Waals surface area contributed by atoms with Crippen molar-refractivity contribution in [2.45, 2.75) is 45.4 Å². The van der Waals surface area contributed by atoms with Crippen LogP contribution in [0.15, 0.2) is 0 Å². The normalized spacial score (nSPS) is 23.1. The Hall–Kier alpha value is -1.36. The number of aliphatic carboxylic acids is 1. The summed E-state index contributed by atoms with van der Waals surface area (Å²) in [4.78, 5) is 23.9. The molecule has 0 bridgehead atoms. The Morgan fingerprint density at radius 3 is 2.70 bits per heavy atom. The number of halogens is 1. The van der Waals surface area contributed by atoms with Crippen molar-refractivity contribution in [2.24, 2.45) is 12.5 Å². The first-order valence-corrected chi connectivity index (χ1v) is 7.27. The predicted octanol–water partition coefficient (Wildman–Crippen LogP) is 2.39. The molecule has 1 N–H and O–H groups in total. The van der Waals surface area contributed by atoms with Crippen molar-refractivity contribution in [3.05, 3.63) is 16.4 Å². The number of aromatic nitrogens is 2.